The molecule has 4 heteroatoms. The number of hydrogen-bond donors (Lipinski definition) is 1. The van der Waals surface area contributed by atoms with Gasteiger partial charge in [0, 0.05) is 11.8 Å². The minimum absolute atomic E-state index is 0.0912. The number of ether oxygens (including phenoxy) is 1. The van der Waals surface area contributed by atoms with Crippen LogP contribution >= 0.6 is 0 Å². The summed E-state index contributed by atoms with van der Waals surface area (Å²) in [5, 5.41) is 8.17. The first-order chi connectivity index (χ1) is 7.18. The molecule has 0 aliphatic heterocycles. The van der Waals surface area contributed by atoms with Gasteiger partial charge in [-0.05, 0) is 5.56 Å². The van der Waals surface area contributed by atoms with Crippen LogP contribution < -0.4 is 0 Å². The lowest BCUT2D eigenvalue weighted by Gasteiger charge is -1.99. The summed E-state index contributed by atoms with van der Waals surface area (Å²) in [5.74, 6) is 1.31. The topological polar surface area (TPSA) is 63.6 Å². The van der Waals surface area contributed by atoms with Gasteiger partial charge in [0.15, 0.2) is 0 Å². The summed E-state index contributed by atoms with van der Waals surface area (Å²) in [4.78, 5) is 20.9. The molecule has 0 amide bonds. The molecule has 1 aromatic rings. The fourth-order valence-electron chi connectivity index (χ4n) is 0.864. The molecule has 0 fully saturated rings. The van der Waals surface area contributed by atoms with Crippen molar-refractivity contribution in [2.45, 2.75) is 6.61 Å². The molecule has 0 atom stereocenters. The average molecular weight is 204 g/mol. The molecule has 1 N–H and O–H groups in total. The molecular formula is C11H8O4. The van der Waals surface area contributed by atoms with Crippen LogP contribution in [0.2, 0.25) is 0 Å². The second kappa shape index (κ2) is 5.45. The van der Waals surface area contributed by atoms with Gasteiger partial charge >= 0.3 is 11.9 Å². The molecule has 0 aliphatic carbocycles. The summed E-state index contributed by atoms with van der Waals surface area (Å²) in [7, 11) is 0. The van der Waals surface area contributed by atoms with Gasteiger partial charge in [0.25, 0.3) is 0 Å². The molecule has 4 nitrogen and oxygen atoms in total. The summed E-state index contributed by atoms with van der Waals surface area (Å²) < 4.78 is 4.70. The van der Waals surface area contributed by atoms with E-state index in [-0.39, 0.29) is 6.61 Å². The SMILES string of the molecule is O=C(O)C#CC(=O)OCc1ccccc1. The van der Waals surface area contributed by atoms with Gasteiger partial charge in [0.2, 0.25) is 0 Å². The molecule has 0 heterocycles. The van der Waals surface area contributed by atoms with E-state index in [9.17, 15) is 9.59 Å². The third kappa shape index (κ3) is 4.48. The fraction of sp³-hybridized carbons (Fsp3) is 0.0909. The predicted molar refractivity (Wildman–Crippen MR) is 51.6 cm³/mol. The number of benzene rings is 1. The Balaban J connectivity index is 2.43. The summed E-state index contributed by atoms with van der Waals surface area (Å²) in [5.41, 5.74) is 0.822. The van der Waals surface area contributed by atoms with E-state index in [1.54, 1.807) is 18.1 Å². The van der Waals surface area contributed by atoms with Crippen molar-refractivity contribution in [3.8, 4) is 11.8 Å². The van der Waals surface area contributed by atoms with E-state index in [2.05, 4.69) is 0 Å². The van der Waals surface area contributed by atoms with Gasteiger partial charge in [-0.15, -0.1) is 0 Å². The Bertz CT molecular complexity index is 411. The molecule has 1 rings (SSSR count). The standard InChI is InChI=1S/C11H8O4/c12-10(13)6-7-11(14)15-8-9-4-2-1-3-5-9/h1-5H,8H2,(H,12,13). The summed E-state index contributed by atoms with van der Waals surface area (Å²) in [6, 6.07) is 9.05. The van der Waals surface area contributed by atoms with Crippen LogP contribution in [0.15, 0.2) is 30.3 Å². The molecule has 0 spiro atoms. The second-order valence-electron chi connectivity index (χ2n) is 2.62. The highest BCUT2D eigenvalue weighted by Crippen LogP contribution is 1.99. The Hall–Kier alpha value is -2.28. The molecule has 15 heavy (non-hydrogen) atoms. The second-order valence-corrected chi connectivity index (χ2v) is 2.62. The molecule has 0 saturated carbocycles. The Morgan fingerprint density at radius 1 is 1.20 bits per heavy atom. The Morgan fingerprint density at radius 3 is 2.47 bits per heavy atom. The molecule has 0 bridgehead atoms. The van der Waals surface area contributed by atoms with Crippen LogP contribution in [0.1, 0.15) is 5.56 Å². The zero-order valence-electron chi connectivity index (χ0n) is 7.77. The first kappa shape index (κ1) is 10.8. The van der Waals surface area contributed by atoms with E-state index in [0.29, 0.717) is 0 Å². The maximum absolute atomic E-state index is 10.9. The number of carbonyl (C=O) groups excluding carboxylic acids is 1. The minimum Gasteiger partial charge on any atom is -0.472 e. The third-order valence-corrected chi connectivity index (χ3v) is 1.48. The van der Waals surface area contributed by atoms with Crippen molar-refractivity contribution < 1.29 is 19.4 Å². The first-order valence-corrected chi connectivity index (χ1v) is 4.14. The van der Waals surface area contributed by atoms with Crippen molar-refractivity contribution in [3.05, 3.63) is 35.9 Å². The largest absolute Gasteiger partial charge is 0.472 e. The number of rotatable bonds is 2. The van der Waals surface area contributed by atoms with E-state index in [1.165, 1.54) is 0 Å². The number of carboxylic acids is 1. The normalized spacial score (nSPS) is 8.53. The maximum Gasteiger partial charge on any atom is 0.385 e. The lowest BCUT2D eigenvalue weighted by Crippen LogP contribution is -2.02. The fourth-order valence-corrected chi connectivity index (χ4v) is 0.864. The zero-order chi connectivity index (χ0) is 11.1. The van der Waals surface area contributed by atoms with Gasteiger partial charge in [-0.3, -0.25) is 0 Å². The molecule has 76 valence electrons. The maximum atomic E-state index is 10.9. The van der Waals surface area contributed by atoms with Gasteiger partial charge in [0.05, 0.1) is 0 Å². The van der Waals surface area contributed by atoms with E-state index >= 15 is 0 Å². The summed E-state index contributed by atoms with van der Waals surface area (Å²) in [6.45, 7) is 0.0912. The Labute approximate surface area is 86.5 Å². The Kier molecular flexibility index (Phi) is 3.92. The van der Waals surface area contributed by atoms with Crippen LogP contribution in [0.25, 0.3) is 0 Å². The van der Waals surface area contributed by atoms with Crippen LogP contribution in [0, 0.1) is 11.8 Å². The number of carbonyl (C=O) groups is 2. The monoisotopic (exact) mass is 204 g/mol. The molecule has 0 aromatic heterocycles. The van der Waals surface area contributed by atoms with E-state index in [4.69, 9.17) is 9.84 Å². The molecule has 0 unspecified atom stereocenters. The minimum atomic E-state index is -1.35. The van der Waals surface area contributed by atoms with Crippen LogP contribution in [0.5, 0.6) is 0 Å². The number of hydrogen-bond acceptors (Lipinski definition) is 3. The number of esters is 1. The van der Waals surface area contributed by atoms with E-state index < -0.39 is 11.9 Å². The quantitative estimate of drug-likeness (QED) is 0.440. The van der Waals surface area contributed by atoms with Gasteiger partial charge in [0.1, 0.15) is 6.61 Å². The van der Waals surface area contributed by atoms with E-state index in [0.717, 1.165) is 5.56 Å². The lowest BCUT2D eigenvalue weighted by molar-refractivity contribution is -0.138. The van der Waals surface area contributed by atoms with Crippen LogP contribution in [-0.2, 0) is 20.9 Å². The van der Waals surface area contributed by atoms with Crippen molar-refractivity contribution in [2.24, 2.45) is 0 Å². The van der Waals surface area contributed by atoms with E-state index in [1.807, 2.05) is 24.1 Å². The first-order valence-electron chi connectivity index (χ1n) is 4.14. The van der Waals surface area contributed by atoms with Gasteiger partial charge < -0.3 is 9.84 Å². The van der Waals surface area contributed by atoms with Crippen molar-refractivity contribution in [1.29, 1.82) is 0 Å². The highest BCUT2D eigenvalue weighted by atomic mass is 16.5. The number of aliphatic carboxylic acids is 1. The summed E-state index contributed by atoms with van der Waals surface area (Å²) >= 11 is 0. The molecule has 0 radical (unpaired) electrons. The molecule has 0 aliphatic rings. The number of carboxylic acid groups (broad SMARTS) is 1. The van der Waals surface area contributed by atoms with Crippen molar-refractivity contribution in [2.75, 3.05) is 0 Å². The lowest BCUT2D eigenvalue weighted by atomic mass is 10.2. The third-order valence-electron chi connectivity index (χ3n) is 1.48. The van der Waals surface area contributed by atoms with Crippen LogP contribution in [0.3, 0.4) is 0 Å². The average Bonchev–Trinajstić information content (AvgIpc) is 2.25. The van der Waals surface area contributed by atoms with Gasteiger partial charge in [-0.1, -0.05) is 30.3 Å². The van der Waals surface area contributed by atoms with Gasteiger partial charge in [-0.2, -0.15) is 0 Å². The summed E-state index contributed by atoms with van der Waals surface area (Å²) in [6.07, 6.45) is 0. The molecule has 1 aromatic carbocycles. The van der Waals surface area contributed by atoms with Crippen molar-refractivity contribution in [1.82, 2.24) is 0 Å². The smallest absolute Gasteiger partial charge is 0.385 e. The molecular weight excluding hydrogens is 196 g/mol. The van der Waals surface area contributed by atoms with Crippen molar-refractivity contribution >= 4 is 11.9 Å². The highest BCUT2D eigenvalue weighted by molar-refractivity contribution is 5.97. The molecule has 0 saturated heterocycles. The predicted octanol–water partition coefficient (Wildman–Crippen LogP) is 0.818. The Morgan fingerprint density at radius 2 is 1.87 bits per heavy atom. The van der Waals surface area contributed by atoms with Crippen molar-refractivity contribution in [3.63, 3.8) is 0 Å². The van der Waals surface area contributed by atoms with Gasteiger partial charge in [-0.25, -0.2) is 9.59 Å². The highest BCUT2D eigenvalue weighted by Gasteiger charge is 1.98. The van der Waals surface area contributed by atoms with Crippen LogP contribution in [0.4, 0.5) is 0 Å². The zero-order valence-corrected chi connectivity index (χ0v) is 7.77. The van der Waals surface area contributed by atoms with Crippen LogP contribution in [-0.4, -0.2) is 17.0 Å².